The monoisotopic (exact) mass is 408 g/mol. The summed E-state index contributed by atoms with van der Waals surface area (Å²) in [5, 5.41) is 0. The minimum Gasteiger partial charge on any atom is -0.462 e. The van der Waals surface area contributed by atoms with E-state index >= 15 is 0 Å². The number of hydrogen-bond acceptors (Lipinski definition) is 4. The molecule has 0 aliphatic heterocycles. The molecule has 0 aliphatic carbocycles. The van der Waals surface area contributed by atoms with Crippen molar-refractivity contribution in [2.24, 2.45) is 11.8 Å². The van der Waals surface area contributed by atoms with Gasteiger partial charge >= 0.3 is 11.9 Å². The first kappa shape index (κ1) is 25.1. The van der Waals surface area contributed by atoms with E-state index in [1.807, 2.05) is 13.8 Å². The van der Waals surface area contributed by atoms with E-state index in [9.17, 15) is 14.0 Å². The van der Waals surface area contributed by atoms with Crippen LogP contribution in [-0.4, -0.2) is 23.6 Å². The number of ether oxygens (including phenoxy) is 2. The van der Waals surface area contributed by atoms with Gasteiger partial charge in [0.25, 0.3) is 0 Å². The molecule has 3 atom stereocenters. The van der Waals surface area contributed by atoms with Gasteiger partial charge in [-0.3, -0.25) is 9.59 Å². The van der Waals surface area contributed by atoms with Crippen LogP contribution in [0, 0.1) is 24.6 Å². The summed E-state index contributed by atoms with van der Waals surface area (Å²) in [5.74, 6) is -1.44. The number of carbonyl (C=O) groups excluding carboxylic acids is 2. The Balaban J connectivity index is 2.95. The van der Waals surface area contributed by atoms with E-state index in [0.717, 1.165) is 24.0 Å². The first-order chi connectivity index (χ1) is 13.4. The van der Waals surface area contributed by atoms with Crippen LogP contribution in [-0.2, 0) is 19.1 Å². The van der Waals surface area contributed by atoms with Gasteiger partial charge in [-0.1, -0.05) is 39.7 Å². The average Bonchev–Trinajstić information content (AvgIpc) is 2.58. The third kappa shape index (κ3) is 7.79. The van der Waals surface area contributed by atoms with Crippen LogP contribution in [0.2, 0.25) is 0 Å². The van der Waals surface area contributed by atoms with E-state index in [1.165, 1.54) is 12.1 Å². The number of rotatable bonds is 9. The zero-order chi connectivity index (χ0) is 22.4. The fraction of sp³-hybridized carbons (Fsp3) is 0.667. The Morgan fingerprint density at radius 2 is 1.69 bits per heavy atom. The van der Waals surface area contributed by atoms with Crippen molar-refractivity contribution in [3.05, 3.63) is 35.1 Å². The standard InChI is InChI=1S/C24H37FO4/c1-9-18(10-2)22(20-12-11-19(25)13-15(20)3)17(5)28-23(27)16(4)14-21(26)29-24(6,7)8/h11-13,16-18,22H,9-10,14H2,1-8H3/t16-,17+,22-/m1/s1. The normalized spacial score (nSPS) is 15.0. The maximum atomic E-state index is 13.6. The van der Waals surface area contributed by atoms with E-state index < -0.39 is 29.6 Å². The molecule has 0 bridgehead atoms. The van der Waals surface area contributed by atoms with Gasteiger partial charge in [0.15, 0.2) is 0 Å². The minimum absolute atomic E-state index is 0.0198. The van der Waals surface area contributed by atoms with E-state index in [2.05, 4.69) is 13.8 Å². The highest BCUT2D eigenvalue weighted by Gasteiger charge is 2.32. The summed E-state index contributed by atoms with van der Waals surface area (Å²) in [5.41, 5.74) is 1.26. The SMILES string of the molecule is CCC(CC)[C@H](c1ccc(F)cc1C)[C@H](C)OC(=O)[C@H](C)CC(=O)OC(C)(C)C. The van der Waals surface area contributed by atoms with Gasteiger partial charge in [0.2, 0.25) is 0 Å². The molecular weight excluding hydrogens is 371 g/mol. The average molecular weight is 409 g/mol. The first-order valence-corrected chi connectivity index (χ1v) is 10.6. The highest BCUT2D eigenvalue weighted by Crippen LogP contribution is 2.36. The van der Waals surface area contributed by atoms with Crippen LogP contribution in [0.25, 0.3) is 0 Å². The van der Waals surface area contributed by atoms with Crippen molar-refractivity contribution < 1.29 is 23.5 Å². The first-order valence-electron chi connectivity index (χ1n) is 10.6. The number of esters is 2. The van der Waals surface area contributed by atoms with Gasteiger partial charge in [-0.15, -0.1) is 0 Å². The lowest BCUT2D eigenvalue weighted by molar-refractivity contribution is -0.163. The molecule has 1 aromatic carbocycles. The minimum atomic E-state index is -0.594. The smallest absolute Gasteiger partial charge is 0.309 e. The zero-order valence-corrected chi connectivity index (χ0v) is 19.2. The van der Waals surface area contributed by atoms with E-state index in [4.69, 9.17) is 9.47 Å². The van der Waals surface area contributed by atoms with Gasteiger partial charge in [0.1, 0.15) is 17.5 Å². The molecule has 0 saturated heterocycles. The van der Waals surface area contributed by atoms with Crippen molar-refractivity contribution in [3.63, 3.8) is 0 Å². The van der Waals surface area contributed by atoms with E-state index in [1.54, 1.807) is 33.8 Å². The lowest BCUT2D eigenvalue weighted by Crippen LogP contribution is -2.32. The van der Waals surface area contributed by atoms with Crippen LogP contribution < -0.4 is 0 Å². The summed E-state index contributed by atoms with van der Waals surface area (Å²) in [4.78, 5) is 24.7. The molecule has 0 aromatic heterocycles. The van der Waals surface area contributed by atoms with E-state index in [0.29, 0.717) is 5.92 Å². The lowest BCUT2D eigenvalue weighted by Gasteiger charge is -2.32. The van der Waals surface area contributed by atoms with Gasteiger partial charge in [-0.2, -0.15) is 0 Å². The Hall–Kier alpha value is -1.91. The van der Waals surface area contributed by atoms with Crippen molar-refractivity contribution in [2.75, 3.05) is 0 Å². The second-order valence-electron chi connectivity index (χ2n) is 8.94. The number of benzene rings is 1. The third-order valence-corrected chi connectivity index (χ3v) is 5.25. The molecule has 0 saturated carbocycles. The second-order valence-corrected chi connectivity index (χ2v) is 8.94. The van der Waals surface area contributed by atoms with Crippen molar-refractivity contribution >= 4 is 11.9 Å². The molecule has 0 spiro atoms. The van der Waals surface area contributed by atoms with Crippen LogP contribution >= 0.6 is 0 Å². The molecule has 29 heavy (non-hydrogen) atoms. The lowest BCUT2D eigenvalue weighted by atomic mass is 9.78. The Morgan fingerprint density at radius 3 is 2.17 bits per heavy atom. The van der Waals surface area contributed by atoms with E-state index in [-0.39, 0.29) is 18.2 Å². The topological polar surface area (TPSA) is 52.6 Å². The maximum absolute atomic E-state index is 13.6. The van der Waals surface area contributed by atoms with Gasteiger partial charge in [0.05, 0.1) is 12.3 Å². The summed E-state index contributed by atoms with van der Waals surface area (Å²) in [6.45, 7) is 15.0. The predicted octanol–water partition coefficient (Wildman–Crippen LogP) is 5.95. The molecule has 164 valence electrons. The van der Waals surface area contributed by atoms with Gasteiger partial charge in [0, 0.05) is 5.92 Å². The quantitative estimate of drug-likeness (QED) is 0.474. The Morgan fingerprint density at radius 1 is 1.10 bits per heavy atom. The number of aryl methyl sites for hydroxylation is 1. The summed E-state index contributed by atoms with van der Waals surface area (Å²) < 4.78 is 24.7. The predicted molar refractivity (Wildman–Crippen MR) is 113 cm³/mol. The summed E-state index contributed by atoms with van der Waals surface area (Å²) >= 11 is 0. The van der Waals surface area contributed by atoms with Crippen LogP contribution in [0.15, 0.2) is 18.2 Å². The third-order valence-electron chi connectivity index (χ3n) is 5.25. The summed E-state index contributed by atoms with van der Waals surface area (Å²) in [6.07, 6.45) is 1.44. The van der Waals surface area contributed by atoms with Gasteiger partial charge in [-0.25, -0.2) is 4.39 Å². The molecular formula is C24H37FO4. The Labute approximate surface area is 175 Å². The fourth-order valence-electron chi connectivity index (χ4n) is 3.79. The zero-order valence-electron chi connectivity index (χ0n) is 19.2. The van der Waals surface area contributed by atoms with Crippen molar-refractivity contribution in [2.45, 2.75) is 92.3 Å². The summed E-state index contributed by atoms with van der Waals surface area (Å²) in [6, 6.07) is 4.77. The molecule has 0 aliphatic rings. The number of carbonyl (C=O) groups is 2. The van der Waals surface area contributed by atoms with Crippen molar-refractivity contribution in [1.29, 1.82) is 0 Å². The molecule has 0 amide bonds. The molecule has 1 aromatic rings. The molecule has 0 radical (unpaired) electrons. The van der Waals surface area contributed by atoms with Crippen molar-refractivity contribution in [1.82, 2.24) is 0 Å². The Kier molecular flexibility index (Phi) is 9.31. The highest BCUT2D eigenvalue weighted by atomic mass is 19.1. The maximum Gasteiger partial charge on any atom is 0.309 e. The highest BCUT2D eigenvalue weighted by molar-refractivity contribution is 5.80. The molecule has 0 heterocycles. The molecule has 4 nitrogen and oxygen atoms in total. The molecule has 0 N–H and O–H groups in total. The van der Waals surface area contributed by atoms with Crippen LogP contribution in [0.5, 0.6) is 0 Å². The second kappa shape index (κ2) is 10.7. The number of hydrogen-bond donors (Lipinski definition) is 0. The summed E-state index contributed by atoms with van der Waals surface area (Å²) in [7, 11) is 0. The van der Waals surface area contributed by atoms with Crippen molar-refractivity contribution in [3.8, 4) is 0 Å². The molecule has 1 rings (SSSR count). The van der Waals surface area contributed by atoms with Crippen LogP contribution in [0.1, 0.15) is 84.8 Å². The Bertz CT molecular complexity index is 689. The van der Waals surface area contributed by atoms with Gasteiger partial charge < -0.3 is 9.47 Å². The largest absolute Gasteiger partial charge is 0.462 e. The fourth-order valence-corrected chi connectivity index (χ4v) is 3.79. The molecule has 0 unspecified atom stereocenters. The van der Waals surface area contributed by atoms with Crippen LogP contribution in [0.3, 0.4) is 0 Å². The van der Waals surface area contributed by atoms with Gasteiger partial charge in [-0.05, 0) is 63.8 Å². The molecule has 0 fully saturated rings. The number of halogens is 1. The van der Waals surface area contributed by atoms with Crippen LogP contribution in [0.4, 0.5) is 4.39 Å². The molecule has 5 heteroatoms.